The highest BCUT2D eigenvalue weighted by atomic mass is 16.7. The first kappa shape index (κ1) is 38.4. The summed E-state index contributed by atoms with van der Waals surface area (Å²) in [6, 6.07) is 8.79. The highest BCUT2D eigenvalue weighted by molar-refractivity contribution is 6.81. The minimum atomic E-state index is -1.21. The van der Waals surface area contributed by atoms with Gasteiger partial charge in [-0.3, -0.25) is 0 Å². The van der Waals surface area contributed by atoms with E-state index in [0.717, 1.165) is 24.8 Å². The second-order valence-electron chi connectivity index (χ2n) is 18.7. The largest absolute Gasteiger partial charge is 0.466 e. The molecule has 8 nitrogen and oxygen atoms in total. The molecule has 4 fully saturated rings. The van der Waals surface area contributed by atoms with Gasteiger partial charge in [0.1, 0.15) is 0 Å². The number of hydrogen-bond donors (Lipinski definition) is 0. The van der Waals surface area contributed by atoms with Crippen LogP contribution in [0.5, 0.6) is 0 Å². The minimum Gasteiger partial charge on any atom is -0.403 e. The van der Waals surface area contributed by atoms with Gasteiger partial charge in [0.25, 0.3) is 0 Å². The van der Waals surface area contributed by atoms with Crippen molar-refractivity contribution in [3.8, 4) is 0 Å². The fraction of sp³-hybridized carbons (Fsp3) is 0.833. The zero-order valence-corrected chi connectivity index (χ0v) is 33.1. The summed E-state index contributed by atoms with van der Waals surface area (Å²) in [5, 5.41) is -1.21. The maximum absolute atomic E-state index is 7.13. The lowest BCUT2D eigenvalue weighted by Gasteiger charge is -2.44. The lowest BCUT2D eigenvalue weighted by Crippen LogP contribution is -2.67. The van der Waals surface area contributed by atoms with E-state index in [1.165, 1.54) is 5.56 Å². The van der Waals surface area contributed by atoms with Crippen molar-refractivity contribution in [3.05, 3.63) is 35.4 Å². The van der Waals surface area contributed by atoms with E-state index in [1.54, 1.807) is 0 Å². The van der Waals surface area contributed by atoms with Gasteiger partial charge in [0, 0.05) is 5.72 Å². The maximum atomic E-state index is 7.13. The molecule has 0 saturated carbocycles. The molecule has 4 heterocycles. The van der Waals surface area contributed by atoms with Crippen molar-refractivity contribution in [2.24, 2.45) is 0 Å². The number of aryl methyl sites for hydroxylation is 1. The molecule has 12 heteroatoms. The van der Waals surface area contributed by atoms with Crippen LogP contribution in [0.2, 0.25) is 5.72 Å². The molecule has 4 aliphatic heterocycles. The summed E-state index contributed by atoms with van der Waals surface area (Å²) < 4.78 is 56.5. The molecule has 0 aliphatic carbocycles. The second-order valence-corrected chi connectivity index (χ2v) is 18.7. The van der Waals surface area contributed by atoms with Crippen LogP contribution in [0.4, 0.5) is 0 Å². The summed E-state index contributed by atoms with van der Waals surface area (Å²) >= 11 is 0. The molecule has 0 bridgehead atoms. The van der Waals surface area contributed by atoms with Gasteiger partial charge in [0.05, 0.1) is 50.0 Å². The Hall–Kier alpha value is -0.840. The predicted octanol–water partition coefficient (Wildman–Crippen LogP) is 7.62. The fourth-order valence-corrected chi connectivity index (χ4v) is 6.96. The lowest BCUT2D eigenvalue weighted by molar-refractivity contribution is 0.00578. The smallest absolute Gasteiger partial charge is 0.403 e. The van der Waals surface area contributed by atoms with Gasteiger partial charge in [0.15, 0.2) is 0 Å². The van der Waals surface area contributed by atoms with Gasteiger partial charge in [-0.2, -0.15) is 0 Å². The molecular weight excluding hydrogens is 604 g/mol. The summed E-state index contributed by atoms with van der Waals surface area (Å²) in [6.45, 7) is 35.4. The van der Waals surface area contributed by atoms with Crippen molar-refractivity contribution < 1.29 is 37.2 Å². The van der Waals surface area contributed by atoms with Crippen molar-refractivity contribution in [2.75, 3.05) is 0 Å². The fourth-order valence-electron chi connectivity index (χ4n) is 6.96. The summed E-state index contributed by atoms with van der Waals surface area (Å²) in [6.07, 6.45) is 3.23. The Morgan fingerprint density at radius 2 is 0.771 bits per heavy atom. The molecule has 1 aromatic rings. The summed E-state index contributed by atoms with van der Waals surface area (Å²) in [4.78, 5) is 0. The number of unbranched alkanes of at least 4 members (excludes halogenated alkanes) is 1. The first-order valence-electron chi connectivity index (χ1n) is 18.2. The Labute approximate surface area is 293 Å². The Kier molecular flexibility index (Phi) is 9.47. The van der Waals surface area contributed by atoms with Gasteiger partial charge >= 0.3 is 28.5 Å². The van der Waals surface area contributed by atoms with Crippen LogP contribution in [0, 0.1) is 0 Å². The van der Waals surface area contributed by atoms with E-state index >= 15 is 0 Å². The summed E-state index contributed by atoms with van der Waals surface area (Å²) in [5.74, 6) is 0. The number of hydrogen-bond acceptors (Lipinski definition) is 8. The molecule has 5 rings (SSSR count). The lowest BCUT2D eigenvalue weighted by atomic mass is 9.22. The van der Waals surface area contributed by atoms with Crippen molar-refractivity contribution in [1.82, 2.24) is 0 Å². The Balaban J connectivity index is 1.84. The van der Waals surface area contributed by atoms with Gasteiger partial charge in [-0.1, -0.05) is 37.6 Å². The minimum absolute atomic E-state index is 0.638. The van der Waals surface area contributed by atoms with E-state index in [1.807, 2.05) is 0 Å². The van der Waals surface area contributed by atoms with Gasteiger partial charge in [-0.15, -0.1) is 0 Å². The molecule has 4 saturated heterocycles. The SMILES string of the molecule is CCCCc1ccc(C(B2OC(C)(C)C(C)(C)O2)(B2OC(C)(C)C(C)(C)O2)C(B2OC(C)(C)C(C)(C)O2)B2OC(C)(C)C(C)(C)O2)cc1. The number of rotatable bonds is 9. The molecule has 0 aromatic heterocycles. The molecule has 0 radical (unpaired) electrons. The molecule has 48 heavy (non-hydrogen) atoms. The van der Waals surface area contributed by atoms with Gasteiger partial charge < -0.3 is 37.2 Å². The second kappa shape index (κ2) is 11.8. The molecule has 0 amide bonds. The third-order valence-electron chi connectivity index (χ3n) is 13.2. The molecule has 0 atom stereocenters. The molecule has 0 unspecified atom stereocenters. The van der Waals surface area contributed by atoms with Crippen molar-refractivity contribution >= 4 is 28.5 Å². The van der Waals surface area contributed by atoms with E-state index in [4.69, 9.17) is 37.2 Å². The van der Waals surface area contributed by atoms with Crippen LogP contribution in [0.25, 0.3) is 0 Å². The first-order chi connectivity index (χ1) is 21.7. The van der Waals surface area contributed by atoms with Crippen LogP contribution in [0.15, 0.2) is 24.3 Å². The van der Waals surface area contributed by atoms with Crippen LogP contribution in [0.1, 0.15) is 142 Å². The monoisotopic (exact) mass is 666 g/mol. The third kappa shape index (κ3) is 6.00. The zero-order chi connectivity index (χ0) is 36.1. The van der Waals surface area contributed by atoms with Crippen LogP contribution in [-0.4, -0.2) is 73.3 Å². The summed E-state index contributed by atoms with van der Waals surface area (Å²) in [7, 11) is -3.33. The Bertz CT molecular complexity index is 1200. The maximum Gasteiger partial charge on any atom is 0.466 e. The van der Waals surface area contributed by atoms with Crippen LogP contribution >= 0.6 is 0 Å². The van der Waals surface area contributed by atoms with Gasteiger partial charge in [0.2, 0.25) is 0 Å². The average molecular weight is 666 g/mol. The van der Waals surface area contributed by atoms with Crippen molar-refractivity contribution in [2.45, 2.75) is 193 Å². The van der Waals surface area contributed by atoms with Crippen LogP contribution in [-0.2, 0) is 48.9 Å². The van der Waals surface area contributed by atoms with Gasteiger partial charge in [-0.25, -0.2) is 0 Å². The normalized spacial score (nSPS) is 27.8. The molecule has 0 N–H and O–H groups in total. The average Bonchev–Trinajstić information content (AvgIpc) is 3.46. The standard InChI is InChI=1S/C36H62B4O8/c1-18-19-20-25-21-23-26(24-22-25)36(39-45-32(10,11)33(12,13)46-39,40-47-34(14,15)35(16,17)48-40)27(37-41-28(2,3)29(4,5)42-37)38-43-30(6,7)31(8,9)44-38/h21-24,27H,18-20H2,1-17H3. The molecular formula is C36H62B4O8. The molecule has 4 aliphatic rings. The highest BCUT2D eigenvalue weighted by Crippen LogP contribution is 2.59. The highest BCUT2D eigenvalue weighted by Gasteiger charge is 2.79. The van der Waals surface area contributed by atoms with E-state index in [2.05, 4.69) is 142 Å². The molecule has 1 aromatic carbocycles. The first-order valence-corrected chi connectivity index (χ1v) is 18.2. The topological polar surface area (TPSA) is 73.8 Å². The predicted molar refractivity (Wildman–Crippen MR) is 195 cm³/mol. The van der Waals surface area contributed by atoms with E-state index in [9.17, 15) is 0 Å². The van der Waals surface area contributed by atoms with Crippen molar-refractivity contribution in [3.63, 3.8) is 0 Å². The van der Waals surface area contributed by atoms with Gasteiger partial charge in [-0.05, 0) is 135 Å². The quantitative estimate of drug-likeness (QED) is 0.250. The molecule has 266 valence electrons. The number of benzene rings is 1. The van der Waals surface area contributed by atoms with E-state index in [-0.39, 0.29) is 0 Å². The van der Waals surface area contributed by atoms with Crippen LogP contribution < -0.4 is 0 Å². The third-order valence-corrected chi connectivity index (χ3v) is 13.2. The Morgan fingerprint density at radius 3 is 1.06 bits per heavy atom. The van der Waals surface area contributed by atoms with Crippen molar-refractivity contribution in [1.29, 1.82) is 0 Å². The summed E-state index contributed by atoms with van der Waals surface area (Å²) in [5.41, 5.74) is -3.69. The Morgan fingerprint density at radius 1 is 0.479 bits per heavy atom. The van der Waals surface area contributed by atoms with Crippen LogP contribution in [0.3, 0.4) is 0 Å². The molecule has 0 spiro atoms. The van der Waals surface area contributed by atoms with E-state index in [0.29, 0.717) is 0 Å². The zero-order valence-electron chi connectivity index (χ0n) is 33.1. The van der Waals surface area contributed by atoms with E-state index < -0.39 is 84.2 Å².